The lowest BCUT2D eigenvalue weighted by Crippen LogP contribution is -2.36. The highest BCUT2D eigenvalue weighted by molar-refractivity contribution is 9.10. The molecule has 142 valence electrons. The van der Waals surface area contributed by atoms with Crippen LogP contribution in [-0.4, -0.2) is 9.13 Å². The smallest absolute Gasteiger partial charge is 0.333 e. The fourth-order valence-corrected chi connectivity index (χ4v) is 3.66. The quantitative estimate of drug-likeness (QED) is 0.516. The molecule has 0 bridgehead atoms. The van der Waals surface area contributed by atoms with Gasteiger partial charge in [0.2, 0.25) is 11.6 Å². The summed E-state index contributed by atoms with van der Waals surface area (Å²) in [6.45, 7) is 1.98. The molecule has 0 saturated heterocycles. The maximum atomic E-state index is 13.0. The molecule has 0 aliphatic heterocycles. The Bertz CT molecular complexity index is 1330. The predicted molar refractivity (Wildman–Crippen MR) is 114 cm³/mol. The molecule has 6 nitrogen and oxygen atoms in total. The zero-order valence-corrected chi connectivity index (χ0v) is 17.2. The Hall–Kier alpha value is -3.06. The number of para-hydroxylation sites is 1. The first-order valence-corrected chi connectivity index (χ1v) is 9.49. The van der Waals surface area contributed by atoms with Gasteiger partial charge in [-0.2, -0.15) is 0 Å². The predicted octanol–water partition coefficient (Wildman–Crippen LogP) is 4.31. The van der Waals surface area contributed by atoms with E-state index in [4.69, 9.17) is 4.42 Å². The lowest BCUT2D eigenvalue weighted by molar-refractivity contribution is 0.577. The average molecular weight is 440 g/mol. The Morgan fingerprint density at radius 2 is 1.75 bits per heavy atom. The van der Waals surface area contributed by atoms with Crippen molar-refractivity contribution in [1.29, 1.82) is 0 Å². The second-order valence-electron chi connectivity index (χ2n) is 6.64. The Morgan fingerprint density at radius 1 is 1.00 bits per heavy atom. The van der Waals surface area contributed by atoms with Crippen LogP contribution in [0.3, 0.4) is 0 Å². The molecule has 2 aromatic carbocycles. The average Bonchev–Trinajstić information content (AvgIpc) is 3.06. The summed E-state index contributed by atoms with van der Waals surface area (Å²) < 4.78 is 9.34. The summed E-state index contributed by atoms with van der Waals surface area (Å²) >= 11 is 3.48. The van der Waals surface area contributed by atoms with Gasteiger partial charge in [0.1, 0.15) is 5.39 Å². The molecular weight excluding hydrogens is 422 g/mol. The van der Waals surface area contributed by atoms with E-state index in [9.17, 15) is 9.59 Å². The van der Waals surface area contributed by atoms with Crippen molar-refractivity contribution in [2.75, 3.05) is 5.32 Å². The molecule has 1 N–H and O–H groups in total. The monoisotopic (exact) mass is 439 g/mol. The molecule has 7 heteroatoms. The number of halogens is 1. The van der Waals surface area contributed by atoms with Gasteiger partial charge in [-0.15, -0.1) is 0 Å². The largest absolute Gasteiger partial charge is 0.423 e. The van der Waals surface area contributed by atoms with Crippen LogP contribution in [0.2, 0.25) is 0 Å². The van der Waals surface area contributed by atoms with Crippen LogP contribution in [0.15, 0.2) is 67.0 Å². The first-order valence-electron chi connectivity index (χ1n) is 8.69. The van der Waals surface area contributed by atoms with Crippen LogP contribution in [0.1, 0.15) is 5.56 Å². The molecule has 0 radical (unpaired) electrons. The van der Waals surface area contributed by atoms with Crippen molar-refractivity contribution in [2.24, 2.45) is 14.1 Å². The minimum absolute atomic E-state index is 0.235. The van der Waals surface area contributed by atoms with Gasteiger partial charge in [0.25, 0.3) is 5.56 Å². The highest BCUT2D eigenvalue weighted by atomic mass is 79.9. The summed E-state index contributed by atoms with van der Waals surface area (Å²) in [5.41, 5.74) is 2.73. The molecule has 2 aromatic heterocycles. The van der Waals surface area contributed by atoms with E-state index in [1.165, 1.54) is 11.6 Å². The first kappa shape index (κ1) is 18.3. The van der Waals surface area contributed by atoms with E-state index in [1.54, 1.807) is 7.05 Å². The lowest BCUT2D eigenvalue weighted by Gasteiger charge is -2.09. The SMILES string of the molecule is Cc1ccccc1Nc1oc2c(c1-c1cccc(Br)c1)c(=O)n(C)c(=O)n2C. The van der Waals surface area contributed by atoms with Gasteiger partial charge in [0, 0.05) is 24.3 Å². The summed E-state index contributed by atoms with van der Waals surface area (Å²) in [5, 5.41) is 3.66. The number of rotatable bonds is 3. The van der Waals surface area contributed by atoms with Crippen molar-refractivity contribution in [2.45, 2.75) is 6.92 Å². The van der Waals surface area contributed by atoms with Crippen molar-refractivity contribution in [3.63, 3.8) is 0 Å². The van der Waals surface area contributed by atoms with Gasteiger partial charge < -0.3 is 9.73 Å². The molecular formula is C21H18BrN3O3. The van der Waals surface area contributed by atoms with Crippen molar-refractivity contribution in [1.82, 2.24) is 9.13 Å². The van der Waals surface area contributed by atoms with E-state index in [0.29, 0.717) is 16.8 Å². The molecule has 0 spiro atoms. The van der Waals surface area contributed by atoms with Gasteiger partial charge in [-0.25, -0.2) is 4.79 Å². The van der Waals surface area contributed by atoms with Crippen LogP contribution in [0.4, 0.5) is 11.6 Å². The van der Waals surface area contributed by atoms with E-state index in [1.807, 2.05) is 55.5 Å². The topological polar surface area (TPSA) is 69.2 Å². The summed E-state index contributed by atoms with van der Waals surface area (Å²) in [6, 6.07) is 15.4. The number of aryl methyl sites for hydroxylation is 2. The fraction of sp³-hybridized carbons (Fsp3) is 0.143. The van der Waals surface area contributed by atoms with E-state index < -0.39 is 11.2 Å². The molecule has 28 heavy (non-hydrogen) atoms. The number of fused-ring (bicyclic) bond motifs is 1. The highest BCUT2D eigenvalue weighted by Gasteiger charge is 2.23. The van der Waals surface area contributed by atoms with Gasteiger partial charge in [-0.1, -0.05) is 46.3 Å². The minimum Gasteiger partial charge on any atom is -0.423 e. The maximum Gasteiger partial charge on any atom is 0.333 e. The Kier molecular flexibility index (Phi) is 4.47. The molecule has 4 aromatic rings. The molecule has 0 aliphatic rings. The van der Waals surface area contributed by atoms with Crippen LogP contribution in [0.25, 0.3) is 22.2 Å². The summed E-state index contributed by atoms with van der Waals surface area (Å²) in [7, 11) is 3.06. The summed E-state index contributed by atoms with van der Waals surface area (Å²) in [4.78, 5) is 25.3. The molecule has 0 aliphatic carbocycles. The number of hydrogen-bond donors (Lipinski definition) is 1. The lowest BCUT2D eigenvalue weighted by atomic mass is 10.1. The van der Waals surface area contributed by atoms with Crippen molar-refractivity contribution >= 4 is 38.6 Å². The third-order valence-corrected chi connectivity index (χ3v) is 5.29. The molecule has 4 rings (SSSR count). The number of nitrogens with one attached hydrogen (secondary N) is 1. The normalized spacial score (nSPS) is 11.1. The van der Waals surface area contributed by atoms with Crippen LogP contribution >= 0.6 is 15.9 Å². The van der Waals surface area contributed by atoms with Gasteiger partial charge in [-0.05, 0) is 36.2 Å². The van der Waals surface area contributed by atoms with Gasteiger partial charge >= 0.3 is 5.69 Å². The summed E-state index contributed by atoms with van der Waals surface area (Å²) in [5.74, 6) is 0.417. The zero-order valence-electron chi connectivity index (χ0n) is 15.6. The second-order valence-corrected chi connectivity index (χ2v) is 7.56. The molecule has 2 heterocycles. The van der Waals surface area contributed by atoms with Gasteiger partial charge in [0.15, 0.2) is 0 Å². The van der Waals surface area contributed by atoms with Crippen LogP contribution in [0, 0.1) is 6.92 Å². The van der Waals surface area contributed by atoms with Gasteiger partial charge in [0.05, 0.1) is 5.56 Å². The van der Waals surface area contributed by atoms with E-state index in [2.05, 4.69) is 21.2 Å². The van der Waals surface area contributed by atoms with E-state index >= 15 is 0 Å². The highest BCUT2D eigenvalue weighted by Crippen LogP contribution is 2.39. The van der Waals surface area contributed by atoms with E-state index in [0.717, 1.165) is 25.9 Å². The molecule has 0 unspecified atom stereocenters. The van der Waals surface area contributed by atoms with Crippen molar-refractivity contribution in [3.8, 4) is 11.1 Å². The molecule has 0 atom stereocenters. The standard InChI is InChI=1S/C21H18BrN3O3/c1-12-7-4-5-10-15(12)23-18-16(13-8-6-9-14(22)11-13)17-19(26)24(2)21(27)25(3)20(17)28-18/h4-11,23H,1-3H3. The molecule has 0 fully saturated rings. The van der Waals surface area contributed by atoms with Crippen LogP contribution in [0.5, 0.6) is 0 Å². The van der Waals surface area contributed by atoms with Crippen LogP contribution in [-0.2, 0) is 14.1 Å². The van der Waals surface area contributed by atoms with Crippen molar-refractivity contribution in [3.05, 3.63) is 79.4 Å². The van der Waals surface area contributed by atoms with Crippen LogP contribution < -0.4 is 16.6 Å². The number of furan rings is 1. The molecule has 0 amide bonds. The number of hydrogen-bond acceptors (Lipinski definition) is 4. The Labute approximate surface area is 169 Å². The Morgan fingerprint density at radius 3 is 2.46 bits per heavy atom. The van der Waals surface area contributed by atoms with E-state index in [-0.39, 0.29) is 5.71 Å². The minimum atomic E-state index is -0.436. The van der Waals surface area contributed by atoms with Crippen molar-refractivity contribution < 1.29 is 4.42 Å². The van der Waals surface area contributed by atoms with Gasteiger partial charge in [-0.3, -0.25) is 13.9 Å². The second kappa shape index (κ2) is 6.83. The Balaban J connectivity index is 2.09. The number of nitrogens with zero attached hydrogens (tertiary/aromatic N) is 2. The fourth-order valence-electron chi connectivity index (χ4n) is 3.26. The number of benzene rings is 2. The summed E-state index contributed by atoms with van der Waals surface area (Å²) in [6.07, 6.45) is 0. The third-order valence-electron chi connectivity index (χ3n) is 4.79. The number of anilines is 2. The first-order chi connectivity index (χ1) is 13.4. The third kappa shape index (κ3) is 2.88. The maximum absolute atomic E-state index is 13.0. The zero-order chi connectivity index (χ0) is 20.0. The number of aromatic nitrogens is 2. The molecule has 0 saturated carbocycles.